The molecule has 3 aromatic carbocycles. The number of benzene rings is 3. The number of sulfone groups is 1. The topological polar surface area (TPSA) is 188 Å². The van der Waals surface area contributed by atoms with Crippen LogP contribution in [0.15, 0.2) is 115 Å². The molecule has 5 N–H and O–H groups in total. The lowest BCUT2D eigenvalue weighted by Gasteiger charge is -2.15. The van der Waals surface area contributed by atoms with E-state index in [1.165, 1.54) is 56.8 Å². The summed E-state index contributed by atoms with van der Waals surface area (Å²) in [6, 6.07) is 18.3. The molecule has 0 radical (unpaired) electrons. The normalized spacial score (nSPS) is 11.5. The predicted octanol–water partition coefficient (Wildman–Crippen LogP) is 8.16. The van der Waals surface area contributed by atoms with Crippen molar-refractivity contribution in [2.24, 2.45) is 0 Å². The molecule has 0 unspecified atom stereocenters. The fraction of sp³-hybridized carbons (Fsp3) is 0.125. The van der Waals surface area contributed by atoms with Crippen LogP contribution in [0.1, 0.15) is 19.5 Å². The number of alkyl halides is 3. The molecule has 7 rings (SSSR count). The third-order valence-electron chi connectivity index (χ3n) is 8.68. The van der Waals surface area contributed by atoms with Gasteiger partial charge in [-0.1, -0.05) is 48.5 Å². The van der Waals surface area contributed by atoms with Crippen LogP contribution in [0, 0.1) is 11.6 Å². The minimum atomic E-state index is -4.83. The van der Waals surface area contributed by atoms with Crippen LogP contribution in [-0.4, -0.2) is 55.6 Å². The van der Waals surface area contributed by atoms with E-state index in [4.69, 9.17) is 11.5 Å². The van der Waals surface area contributed by atoms with Crippen molar-refractivity contribution in [2.45, 2.75) is 30.3 Å². The van der Waals surface area contributed by atoms with E-state index in [9.17, 15) is 30.4 Å². The molecule has 0 amide bonds. The molecule has 0 atom stereocenters. The Bertz CT molecular complexity index is 2680. The maximum Gasteiger partial charge on any atom is 0.433 e. The highest BCUT2D eigenvalue weighted by Gasteiger charge is 2.36. The van der Waals surface area contributed by atoms with Crippen LogP contribution in [-0.2, 0) is 16.0 Å². The third kappa shape index (κ3) is 8.86. The Morgan fingerprint density at radius 3 is 1.43 bits per heavy atom. The second kappa shape index (κ2) is 16.6. The molecule has 7 aromatic rings. The zero-order valence-corrected chi connectivity index (χ0v) is 31.7. The summed E-state index contributed by atoms with van der Waals surface area (Å²) in [7, 11) is -2.42. The number of pyridine rings is 1. The second-order valence-corrected chi connectivity index (χ2v) is 15.2. The number of hydrogen-bond donors (Lipinski definition) is 3. The Morgan fingerprint density at radius 2 is 1.00 bits per heavy atom. The summed E-state index contributed by atoms with van der Waals surface area (Å²) in [4.78, 5) is 27.3. The Balaban J connectivity index is 0.000000196. The molecular formula is C40H33F5N10O2S. The van der Waals surface area contributed by atoms with E-state index in [0.29, 0.717) is 28.7 Å². The van der Waals surface area contributed by atoms with Gasteiger partial charge in [-0.15, -0.1) is 0 Å². The number of nitrogens with two attached hydrogens (primary N) is 2. The zero-order valence-electron chi connectivity index (χ0n) is 30.9. The van der Waals surface area contributed by atoms with Crippen molar-refractivity contribution < 1.29 is 30.4 Å². The van der Waals surface area contributed by atoms with Crippen molar-refractivity contribution >= 4 is 27.7 Å². The van der Waals surface area contributed by atoms with Gasteiger partial charge in [0.15, 0.2) is 14.9 Å². The highest BCUT2D eigenvalue weighted by molar-refractivity contribution is 7.92. The van der Waals surface area contributed by atoms with Gasteiger partial charge in [-0.3, -0.25) is 0 Å². The number of rotatable bonds is 8. The monoisotopic (exact) mass is 812 g/mol. The van der Waals surface area contributed by atoms with E-state index >= 15 is 0 Å². The fourth-order valence-corrected chi connectivity index (χ4v) is 6.79. The Kier molecular flexibility index (Phi) is 11.7. The maximum absolute atomic E-state index is 14.8. The van der Waals surface area contributed by atoms with Crippen LogP contribution in [0.25, 0.3) is 55.6 Å². The van der Waals surface area contributed by atoms with Crippen LogP contribution in [0.5, 0.6) is 0 Å². The SMILES string of the molecule is CC(C)S(=O)(=O)c1nc(C(F)(F)F)ccc1-c1ccc(-c2cnc(N)nc2)c(F)c1.CNc1ncc(-c2ccccc2-c2ccc(-c3cnc(N)nc3)c(F)c2)cn1. The lowest BCUT2D eigenvalue weighted by molar-refractivity contribution is -0.141. The van der Waals surface area contributed by atoms with Crippen molar-refractivity contribution in [3.8, 4) is 55.6 Å². The van der Waals surface area contributed by atoms with E-state index < -0.39 is 37.8 Å². The summed E-state index contributed by atoms with van der Waals surface area (Å²) in [6.07, 6.45) is 4.31. The lowest BCUT2D eigenvalue weighted by Crippen LogP contribution is -2.19. The number of nitrogen functional groups attached to an aromatic ring is 2. The first-order valence-electron chi connectivity index (χ1n) is 17.2. The molecule has 0 aliphatic carbocycles. The molecule has 0 saturated heterocycles. The molecule has 4 heterocycles. The van der Waals surface area contributed by atoms with Gasteiger partial charge in [0.1, 0.15) is 17.3 Å². The van der Waals surface area contributed by atoms with Gasteiger partial charge >= 0.3 is 6.18 Å². The largest absolute Gasteiger partial charge is 0.433 e. The van der Waals surface area contributed by atoms with E-state index in [1.807, 2.05) is 30.3 Å². The Morgan fingerprint density at radius 1 is 0.586 bits per heavy atom. The van der Waals surface area contributed by atoms with Crippen LogP contribution in [0.3, 0.4) is 0 Å². The predicted molar refractivity (Wildman–Crippen MR) is 210 cm³/mol. The summed E-state index contributed by atoms with van der Waals surface area (Å²) >= 11 is 0. The van der Waals surface area contributed by atoms with Crippen LogP contribution in [0.2, 0.25) is 0 Å². The van der Waals surface area contributed by atoms with E-state index in [1.54, 1.807) is 25.5 Å². The van der Waals surface area contributed by atoms with Gasteiger partial charge in [-0.2, -0.15) is 13.2 Å². The molecule has 0 saturated carbocycles. The van der Waals surface area contributed by atoms with E-state index in [-0.39, 0.29) is 34.4 Å². The summed E-state index contributed by atoms with van der Waals surface area (Å²) in [6.45, 7) is 2.65. The van der Waals surface area contributed by atoms with Gasteiger partial charge < -0.3 is 16.8 Å². The minimum absolute atomic E-state index is 0.00939. The number of nitrogens with zero attached hydrogens (tertiary/aromatic N) is 7. The average Bonchev–Trinajstić information content (AvgIpc) is 3.21. The molecule has 18 heteroatoms. The van der Waals surface area contributed by atoms with Crippen LogP contribution >= 0.6 is 0 Å². The molecule has 58 heavy (non-hydrogen) atoms. The molecule has 0 aliphatic rings. The van der Waals surface area contributed by atoms with Gasteiger partial charge in [0.2, 0.25) is 17.8 Å². The molecule has 0 aliphatic heterocycles. The minimum Gasteiger partial charge on any atom is -0.368 e. The van der Waals surface area contributed by atoms with Crippen molar-refractivity contribution in [3.05, 3.63) is 127 Å². The Hall–Kier alpha value is -6.95. The number of hydrogen-bond acceptors (Lipinski definition) is 12. The maximum atomic E-state index is 14.8. The van der Waals surface area contributed by atoms with Crippen molar-refractivity contribution in [3.63, 3.8) is 0 Å². The summed E-state index contributed by atoms with van der Waals surface area (Å²) in [5.74, 6) is -0.394. The van der Waals surface area contributed by atoms with Gasteiger partial charge in [0.25, 0.3) is 0 Å². The van der Waals surface area contributed by atoms with Crippen LogP contribution in [0.4, 0.5) is 39.8 Å². The first kappa shape index (κ1) is 40.7. The van der Waals surface area contributed by atoms with Gasteiger partial charge in [0.05, 0.1) is 5.25 Å². The average molecular weight is 813 g/mol. The van der Waals surface area contributed by atoms with Gasteiger partial charge in [0, 0.05) is 77.6 Å². The van der Waals surface area contributed by atoms with Gasteiger partial charge in [-0.25, -0.2) is 52.1 Å². The number of nitrogens with one attached hydrogen (secondary N) is 1. The van der Waals surface area contributed by atoms with Crippen molar-refractivity contribution in [1.29, 1.82) is 0 Å². The van der Waals surface area contributed by atoms with Crippen molar-refractivity contribution in [2.75, 3.05) is 23.8 Å². The number of halogens is 5. The standard InChI is InChI=1S/C21H17FN6.C19H16F4N4O2S/c1-24-21-27-11-14(12-28-21)17-5-3-2-4-16(17)13-6-7-18(19(22)8-13)15-9-25-20(23)26-10-15;1-10(2)30(28,29)17-14(5-6-16(27-17)19(21,22)23)11-3-4-13(15(20)7-11)12-8-25-18(24)26-9-12/h2-12H,1H3,(H2,23,25,26)(H,24,27,28);3-10H,1-2H3,(H2,24,25,26). The summed E-state index contributed by atoms with van der Waals surface area (Å²) in [5, 5.41) is 1.12. The highest BCUT2D eigenvalue weighted by atomic mass is 32.2. The smallest absolute Gasteiger partial charge is 0.368 e. The Labute approximate surface area is 329 Å². The lowest BCUT2D eigenvalue weighted by atomic mass is 9.94. The molecule has 296 valence electrons. The van der Waals surface area contributed by atoms with Crippen LogP contribution < -0.4 is 16.8 Å². The van der Waals surface area contributed by atoms with Crippen molar-refractivity contribution in [1.82, 2.24) is 34.9 Å². The first-order valence-corrected chi connectivity index (χ1v) is 18.8. The highest BCUT2D eigenvalue weighted by Crippen LogP contribution is 2.37. The van der Waals surface area contributed by atoms with E-state index in [0.717, 1.165) is 34.4 Å². The quantitative estimate of drug-likeness (QED) is 0.125. The molecule has 0 bridgehead atoms. The zero-order chi connectivity index (χ0) is 41.8. The third-order valence-corrected chi connectivity index (χ3v) is 10.8. The second-order valence-electron chi connectivity index (χ2n) is 12.8. The summed E-state index contributed by atoms with van der Waals surface area (Å²) < 4.78 is 94.2. The number of aromatic nitrogens is 7. The first-order chi connectivity index (χ1) is 27.6. The molecule has 4 aromatic heterocycles. The molecular weight excluding hydrogens is 780 g/mol. The fourth-order valence-electron chi connectivity index (χ4n) is 5.63. The number of anilines is 3. The molecule has 0 fully saturated rings. The molecule has 0 spiro atoms. The van der Waals surface area contributed by atoms with Gasteiger partial charge in [-0.05, 0) is 60.4 Å². The summed E-state index contributed by atoms with van der Waals surface area (Å²) in [5.41, 5.74) is 14.4. The van der Waals surface area contributed by atoms with E-state index in [2.05, 4.69) is 40.2 Å². The molecule has 12 nitrogen and oxygen atoms in total.